The van der Waals surface area contributed by atoms with Gasteiger partial charge in [-0.05, 0) is 42.3 Å². The molecule has 154 valence electrons. The lowest BCUT2D eigenvalue weighted by molar-refractivity contribution is -0.121. The molecule has 7 nitrogen and oxygen atoms in total. The average Bonchev–Trinajstić information content (AvgIpc) is 2.72. The third kappa shape index (κ3) is 3.63. The number of hydrogen-bond donors (Lipinski definition) is 2. The molecule has 3 amide bonds. The van der Waals surface area contributed by atoms with Crippen molar-refractivity contribution in [1.29, 1.82) is 0 Å². The van der Waals surface area contributed by atoms with E-state index in [1.54, 1.807) is 31.3 Å². The standard InChI is InChI=1S/C22H20FN3O4/c1-12-6-19-18(26(2)21(28)11-30-19)9-17(12)25-22(29)16-10-24-20(27)8-15(16)13-4-3-5-14(23)7-13/h3-7,9-10,15H,8,11H2,1-2H3,(H,24,27)(H,25,29)/t15-/m0/s1. The largest absolute Gasteiger partial charge is 0.482 e. The Morgan fingerprint density at radius 1 is 1.27 bits per heavy atom. The maximum absolute atomic E-state index is 13.7. The van der Waals surface area contributed by atoms with Crippen molar-refractivity contribution in [2.24, 2.45) is 0 Å². The number of nitrogens with one attached hydrogen (secondary N) is 2. The fourth-order valence-corrected chi connectivity index (χ4v) is 3.61. The Kier molecular flexibility index (Phi) is 4.99. The Bertz CT molecular complexity index is 1100. The lowest BCUT2D eigenvalue weighted by Gasteiger charge is -2.28. The molecule has 0 bridgehead atoms. The van der Waals surface area contributed by atoms with Gasteiger partial charge in [-0.1, -0.05) is 12.1 Å². The van der Waals surface area contributed by atoms with Gasteiger partial charge in [-0.3, -0.25) is 14.4 Å². The van der Waals surface area contributed by atoms with Gasteiger partial charge < -0.3 is 20.3 Å². The van der Waals surface area contributed by atoms with Crippen LogP contribution in [-0.2, 0) is 14.4 Å². The minimum Gasteiger partial charge on any atom is -0.482 e. The van der Waals surface area contributed by atoms with Crippen molar-refractivity contribution in [3.8, 4) is 5.75 Å². The number of benzene rings is 2. The van der Waals surface area contributed by atoms with Crippen LogP contribution in [0.2, 0.25) is 0 Å². The number of halogens is 1. The molecule has 2 aromatic rings. The smallest absolute Gasteiger partial charge is 0.264 e. The van der Waals surface area contributed by atoms with Crippen LogP contribution in [0.15, 0.2) is 48.2 Å². The quantitative estimate of drug-likeness (QED) is 0.816. The zero-order valence-electron chi connectivity index (χ0n) is 16.5. The Balaban J connectivity index is 1.64. The predicted octanol–water partition coefficient (Wildman–Crippen LogP) is 2.62. The number of rotatable bonds is 3. The van der Waals surface area contributed by atoms with E-state index in [0.717, 1.165) is 5.56 Å². The highest BCUT2D eigenvalue weighted by Crippen LogP contribution is 2.37. The van der Waals surface area contributed by atoms with Crippen LogP contribution in [0.5, 0.6) is 5.75 Å². The van der Waals surface area contributed by atoms with Crippen LogP contribution in [0.25, 0.3) is 0 Å². The molecule has 0 radical (unpaired) electrons. The highest BCUT2D eigenvalue weighted by Gasteiger charge is 2.30. The first kappa shape index (κ1) is 19.6. The summed E-state index contributed by atoms with van der Waals surface area (Å²) in [6.45, 7) is 1.79. The Labute approximate surface area is 172 Å². The number of hydrogen-bond acceptors (Lipinski definition) is 4. The van der Waals surface area contributed by atoms with Crippen molar-refractivity contribution in [2.45, 2.75) is 19.3 Å². The summed E-state index contributed by atoms with van der Waals surface area (Å²) in [5.74, 6) is -1.29. The van der Waals surface area contributed by atoms with Gasteiger partial charge in [0.15, 0.2) is 6.61 Å². The first-order chi connectivity index (χ1) is 14.3. The number of amides is 3. The van der Waals surface area contributed by atoms with Gasteiger partial charge in [0.1, 0.15) is 11.6 Å². The molecule has 2 heterocycles. The number of anilines is 2. The maximum Gasteiger partial charge on any atom is 0.264 e. The SMILES string of the molecule is Cc1cc2c(cc1NC(=O)C1=CNC(=O)C[C@H]1c1cccc(F)c1)N(C)C(=O)CO2. The van der Waals surface area contributed by atoms with Crippen molar-refractivity contribution >= 4 is 29.1 Å². The lowest BCUT2D eigenvalue weighted by atomic mass is 9.86. The van der Waals surface area contributed by atoms with E-state index in [0.29, 0.717) is 28.3 Å². The number of fused-ring (bicyclic) bond motifs is 1. The molecule has 0 spiro atoms. The molecule has 4 rings (SSSR count). The summed E-state index contributed by atoms with van der Waals surface area (Å²) in [7, 11) is 1.64. The normalized spacial score (nSPS) is 18.2. The minimum absolute atomic E-state index is 0.0312. The van der Waals surface area contributed by atoms with E-state index in [9.17, 15) is 18.8 Å². The van der Waals surface area contributed by atoms with E-state index in [2.05, 4.69) is 10.6 Å². The average molecular weight is 409 g/mol. The van der Waals surface area contributed by atoms with Gasteiger partial charge in [-0.2, -0.15) is 0 Å². The second kappa shape index (κ2) is 7.62. The molecule has 30 heavy (non-hydrogen) atoms. The molecule has 0 aliphatic carbocycles. The number of carbonyl (C=O) groups excluding carboxylic acids is 3. The zero-order valence-corrected chi connectivity index (χ0v) is 16.5. The zero-order chi connectivity index (χ0) is 21.4. The summed E-state index contributed by atoms with van der Waals surface area (Å²) < 4.78 is 19.2. The number of ether oxygens (including phenoxy) is 1. The molecular weight excluding hydrogens is 389 g/mol. The van der Waals surface area contributed by atoms with E-state index >= 15 is 0 Å². The highest BCUT2D eigenvalue weighted by atomic mass is 19.1. The second-order valence-corrected chi connectivity index (χ2v) is 7.31. The summed E-state index contributed by atoms with van der Waals surface area (Å²) in [4.78, 5) is 38.4. The fraction of sp³-hybridized carbons (Fsp3) is 0.227. The summed E-state index contributed by atoms with van der Waals surface area (Å²) in [6, 6.07) is 9.31. The molecule has 0 aromatic heterocycles. The van der Waals surface area contributed by atoms with Crippen LogP contribution < -0.4 is 20.3 Å². The summed E-state index contributed by atoms with van der Waals surface area (Å²) in [6.07, 6.45) is 1.40. The third-order valence-electron chi connectivity index (χ3n) is 5.31. The van der Waals surface area contributed by atoms with E-state index in [-0.39, 0.29) is 24.8 Å². The van der Waals surface area contributed by atoms with Gasteiger partial charge in [-0.15, -0.1) is 0 Å². The van der Waals surface area contributed by atoms with Gasteiger partial charge >= 0.3 is 0 Å². The molecule has 0 unspecified atom stereocenters. The molecule has 0 saturated carbocycles. The van der Waals surface area contributed by atoms with Gasteiger partial charge in [0, 0.05) is 36.8 Å². The second-order valence-electron chi connectivity index (χ2n) is 7.31. The Hall–Kier alpha value is -3.68. The minimum atomic E-state index is -0.569. The Morgan fingerprint density at radius 2 is 2.07 bits per heavy atom. The predicted molar refractivity (Wildman–Crippen MR) is 109 cm³/mol. The number of likely N-dealkylation sites (N-methyl/N-ethyl adjacent to an activating group) is 1. The molecule has 1 atom stereocenters. The summed E-state index contributed by atoms with van der Waals surface area (Å²) in [5, 5.41) is 5.41. The molecule has 0 saturated heterocycles. The monoisotopic (exact) mass is 409 g/mol. The molecule has 8 heteroatoms. The summed E-state index contributed by atoms with van der Waals surface area (Å²) >= 11 is 0. The van der Waals surface area contributed by atoms with Crippen molar-refractivity contribution in [1.82, 2.24) is 5.32 Å². The van der Waals surface area contributed by atoms with Crippen molar-refractivity contribution in [3.05, 3.63) is 65.1 Å². The molecule has 2 aliphatic rings. The fourth-order valence-electron chi connectivity index (χ4n) is 3.61. The maximum atomic E-state index is 13.7. The molecule has 2 N–H and O–H groups in total. The van der Waals surface area contributed by atoms with Crippen LogP contribution in [0.1, 0.15) is 23.5 Å². The van der Waals surface area contributed by atoms with Crippen LogP contribution in [-0.4, -0.2) is 31.4 Å². The van der Waals surface area contributed by atoms with Gasteiger partial charge in [-0.25, -0.2) is 4.39 Å². The third-order valence-corrected chi connectivity index (χ3v) is 5.31. The van der Waals surface area contributed by atoms with E-state index in [1.165, 1.54) is 23.2 Å². The van der Waals surface area contributed by atoms with Crippen LogP contribution in [0.4, 0.5) is 15.8 Å². The van der Waals surface area contributed by atoms with Gasteiger partial charge in [0.25, 0.3) is 11.8 Å². The molecular formula is C22H20FN3O4. The number of nitrogens with zero attached hydrogens (tertiary/aromatic N) is 1. The number of aryl methyl sites for hydroxylation is 1. The van der Waals surface area contributed by atoms with Gasteiger partial charge in [0.2, 0.25) is 5.91 Å². The lowest BCUT2D eigenvalue weighted by Crippen LogP contribution is -2.35. The van der Waals surface area contributed by atoms with Crippen molar-refractivity contribution < 1.29 is 23.5 Å². The molecule has 0 fully saturated rings. The number of carbonyl (C=O) groups is 3. The highest BCUT2D eigenvalue weighted by molar-refractivity contribution is 6.07. The van der Waals surface area contributed by atoms with Crippen LogP contribution in [0, 0.1) is 12.7 Å². The van der Waals surface area contributed by atoms with E-state index in [4.69, 9.17) is 4.74 Å². The first-order valence-electron chi connectivity index (χ1n) is 9.43. The van der Waals surface area contributed by atoms with Crippen molar-refractivity contribution in [2.75, 3.05) is 23.9 Å². The van der Waals surface area contributed by atoms with Crippen molar-refractivity contribution in [3.63, 3.8) is 0 Å². The van der Waals surface area contributed by atoms with Crippen LogP contribution in [0.3, 0.4) is 0 Å². The molecule has 2 aliphatic heterocycles. The topological polar surface area (TPSA) is 87.7 Å². The van der Waals surface area contributed by atoms with E-state index in [1.807, 2.05) is 6.92 Å². The first-order valence-corrected chi connectivity index (χ1v) is 9.43. The molecule has 2 aromatic carbocycles. The Morgan fingerprint density at radius 3 is 2.83 bits per heavy atom. The summed E-state index contributed by atoms with van der Waals surface area (Å²) in [5.41, 5.74) is 2.69. The van der Waals surface area contributed by atoms with Crippen LogP contribution >= 0.6 is 0 Å². The van der Waals surface area contributed by atoms with Gasteiger partial charge in [0.05, 0.1) is 5.69 Å². The van der Waals surface area contributed by atoms with E-state index < -0.39 is 17.6 Å².